The van der Waals surface area contributed by atoms with Gasteiger partial charge in [0, 0.05) is 12.6 Å². The minimum Gasteiger partial charge on any atom is -0.462 e. The average Bonchev–Trinajstić information content (AvgIpc) is 3.06. The Balaban J connectivity index is 1.72. The van der Waals surface area contributed by atoms with Crippen LogP contribution in [0.25, 0.3) is 0 Å². The highest BCUT2D eigenvalue weighted by Crippen LogP contribution is 2.22. The molecule has 0 spiro atoms. The number of hydrogen-bond donors (Lipinski definition) is 1. The second kappa shape index (κ2) is 6.10. The van der Waals surface area contributed by atoms with E-state index in [1.807, 2.05) is 0 Å². The normalized spacial score (nSPS) is 16.0. The maximum absolute atomic E-state index is 5.84. The third-order valence-corrected chi connectivity index (χ3v) is 3.44. The third-order valence-electron chi connectivity index (χ3n) is 3.44. The van der Waals surface area contributed by atoms with Crippen molar-refractivity contribution in [1.82, 2.24) is 5.32 Å². The fourth-order valence-corrected chi connectivity index (χ4v) is 1.91. The van der Waals surface area contributed by atoms with Crippen LogP contribution in [-0.4, -0.2) is 12.6 Å². The first-order valence-electron chi connectivity index (χ1n) is 7.33. The zero-order valence-corrected chi connectivity index (χ0v) is 12.7. The largest absolute Gasteiger partial charge is 0.462 e. The second-order valence-corrected chi connectivity index (χ2v) is 6.84. The minimum absolute atomic E-state index is 0.332. The van der Waals surface area contributed by atoms with E-state index in [2.05, 4.69) is 39.1 Å². The Labute approximate surface area is 116 Å². The van der Waals surface area contributed by atoms with Gasteiger partial charge in [0.05, 0.1) is 6.54 Å². The van der Waals surface area contributed by atoms with Crippen molar-refractivity contribution in [3.8, 4) is 0 Å². The van der Waals surface area contributed by atoms with Gasteiger partial charge in [-0.15, -0.1) is 0 Å². The van der Waals surface area contributed by atoms with Crippen LogP contribution in [0.15, 0.2) is 10.5 Å². The highest BCUT2D eigenvalue weighted by Gasteiger charge is 2.21. The molecule has 0 aliphatic heterocycles. The van der Waals surface area contributed by atoms with Gasteiger partial charge in [-0.25, -0.2) is 0 Å². The summed E-state index contributed by atoms with van der Waals surface area (Å²) in [5.74, 6) is 2.00. The third kappa shape index (κ3) is 5.37. The van der Waals surface area contributed by atoms with Crippen molar-refractivity contribution in [3.05, 3.63) is 23.2 Å². The Hall–Kier alpha value is -0.800. The first-order valence-corrected chi connectivity index (χ1v) is 7.33. The summed E-state index contributed by atoms with van der Waals surface area (Å²) in [6, 6.07) is 2.82. The predicted molar refractivity (Wildman–Crippen MR) is 77.0 cm³/mol. The maximum atomic E-state index is 5.84. The van der Waals surface area contributed by atoms with Crippen molar-refractivity contribution in [1.29, 1.82) is 0 Å². The van der Waals surface area contributed by atoms with Gasteiger partial charge in [-0.05, 0) is 43.2 Å². The monoisotopic (exact) mass is 265 g/mol. The Morgan fingerprint density at radius 2 is 2.11 bits per heavy atom. The van der Waals surface area contributed by atoms with Gasteiger partial charge in [0.15, 0.2) is 0 Å². The van der Waals surface area contributed by atoms with Gasteiger partial charge in [-0.2, -0.15) is 0 Å². The van der Waals surface area contributed by atoms with Crippen LogP contribution in [0.4, 0.5) is 0 Å². The van der Waals surface area contributed by atoms with E-state index in [-0.39, 0.29) is 0 Å². The zero-order chi connectivity index (χ0) is 13.9. The molecule has 1 N–H and O–H groups in total. The topological polar surface area (TPSA) is 34.4 Å². The van der Waals surface area contributed by atoms with Gasteiger partial charge >= 0.3 is 0 Å². The summed E-state index contributed by atoms with van der Waals surface area (Å²) in [6.07, 6.45) is 3.69. The number of ether oxygens (including phenoxy) is 1. The Kier molecular flexibility index (Phi) is 4.69. The first kappa shape index (κ1) is 14.6. The summed E-state index contributed by atoms with van der Waals surface area (Å²) in [5, 5.41) is 3.48. The lowest BCUT2D eigenvalue weighted by Crippen LogP contribution is -2.15. The van der Waals surface area contributed by atoms with Gasteiger partial charge < -0.3 is 14.5 Å². The van der Waals surface area contributed by atoms with Crippen molar-refractivity contribution in [2.45, 2.75) is 66.2 Å². The number of aryl methyl sites for hydroxylation is 1. The van der Waals surface area contributed by atoms with E-state index in [4.69, 9.17) is 9.15 Å². The number of furan rings is 1. The summed E-state index contributed by atoms with van der Waals surface area (Å²) in [4.78, 5) is 0. The first-order chi connectivity index (χ1) is 8.94. The number of rotatable bonds is 7. The quantitative estimate of drug-likeness (QED) is 0.762. The molecule has 1 aromatic heterocycles. The predicted octanol–water partition coefficient (Wildman–Crippen LogP) is 3.79. The molecular weight excluding hydrogens is 238 g/mol. The minimum atomic E-state index is 0.332. The van der Waals surface area contributed by atoms with Crippen LogP contribution in [0.2, 0.25) is 0 Å². The molecule has 1 heterocycles. The van der Waals surface area contributed by atoms with Crippen molar-refractivity contribution in [2.24, 2.45) is 5.41 Å². The molecule has 0 amide bonds. The number of nitrogens with one attached hydrogen (secondary N) is 1. The van der Waals surface area contributed by atoms with Gasteiger partial charge in [0.1, 0.15) is 18.1 Å². The highest BCUT2D eigenvalue weighted by molar-refractivity contribution is 5.19. The molecule has 0 bridgehead atoms. The SMILES string of the molecule is Cc1cc(COCCC(C)(C)C)oc1CNC1CC1. The van der Waals surface area contributed by atoms with Crippen LogP contribution in [0, 0.1) is 12.3 Å². The zero-order valence-electron chi connectivity index (χ0n) is 12.7. The molecular formula is C16H27NO2. The van der Waals surface area contributed by atoms with E-state index >= 15 is 0 Å². The summed E-state index contributed by atoms with van der Waals surface area (Å²) in [6.45, 7) is 11.0. The van der Waals surface area contributed by atoms with E-state index in [1.54, 1.807) is 0 Å². The van der Waals surface area contributed by atoms with E-state index in [1.165, 1.54) is 18.4 Å². The molecule has 0 aromatic carbocycles. The lowest BCUT2D eigenvalue weighted by Gasteiger charge is -2.17. The molecule has 1 aromatic rings. The van der Waals surface area contributed by atoms with Crippen molar-refractivity contribution >= 4 is 0 Å². The summed E-state index contributed by atoms with van der Waals surface area (Å²) >= 11 is 0. The van der Waals surface area contributed by atoms with E-state index in [0.29, 0.717) is 12.0 Å². The van der Waals surface area contributed by atoms with Crippen LogP contribution < -0.4 is 5.32 Å². The summed E-state index contributed by atoms with van der Waals surface area (Å²) in [7, 11) is 0. The molecule has 0 unspecified atom stereocenters. The van der Waals surface area contributed by atoms with Crippen molar-refractivity contribution in [3.63, 3.8) is 0 Å². The molecule has 3 heteroatoms. The van der Waals surface area contributed by atoms with Crippen LogP contribution in [0.1, 0.15) is 57.1 Å². The molecule has 1 fully saturated rings. The Morgan fingerprint density at radius 3 is 2.74 bits per heavy atom. The molecule has 19 heavy (non-hydrogen) atoms. The second-order valence-electron chi connectivity index (χ2n) is 6.84. The van der Waals surface area contributed by atoms with E-state index < -0.39 is 0 Å². The van der Waals surface area contributed by atoms with Gasteiger partial charge in [0.25, 0.3) is 0 Å². The molecule has 0 saturated heterocycles. The van der Waals surface area contributed by atoms with E-state index in [9.17, 15) is 0 Å². The van der Waals surface area contributed by atoms with Crippen molar-refractivity contribution < 1.29 is 9.15 Å². The highest BCUT2D eigenvalue weighted by atomic mass is 16.5. The van der Waals surface area contributed by atoms with Gasteiger partial charge in [-0.3, -0.25) is 0 Å². The fraction of sp³-hybridized carbons (Fsp3) is 0.750. The lowest BCUT2D eigenvalue weighted by atomic mass is 9.93. The van der Waals surface area contributed by atoms with Gasteiger partial charge in [-0.1, -0.05) is 20.8 Å². The molecule has 3 nitrogen and oxygen atoms in total. The molecule has 108 valence electrons. The molecule has 2 rings (SSSR count). The van der Waals surface area contributed by atoms with Crippen LogP contribution in [0.5, 0.6) is 0 Å². The Bertz CT molecular complexity index is 399. The van der Waals surface area contributed by atoms with Crippen LogP contribution >= 0.6 is 0 Å². The fourth-order valence-electron chi connectivity index (χ4n) is 1.91. The van der Waals surface area contributed by atoms with Crippen LogP contribution in [-0.2, 0) is 17.9 Å². The summed E-state index contributed by atoms with van der Waals surface area (Å²) < 4.78 is 11.5. The molecule has 1 aliphatic rings. The summed E-state index contributed by atoms with van der Waals surface area (Å²) in [5.41, 5.74) is 1.56. The van der Waals surface area contributed by atoms with Gasteiger partial charge in [0.2, 0.25) is 0 Å². The standard InChI is InChI=1S/C16H27NO2/c1-12-9-14(11-18-8-7-16(2,3)4)19-15(12)10-17-13-5-6-13/h9,13,17H,5-8,10-11H2,1-4H3. The maximum Gasteiger partial charge on any atom is 0.130 e. The molecule has 0 radical (unpaired) electrons. The van der Waals surface area contributed by atoms with Crippen LogP contribution in [0.3, 0.4) is 0 Å². The Morgan fingerprint density at radius 1 is 1.37 bits per heavy atom. The van der Waals surface area contributed by atoms with E-state index in [0.717, 1.165) is 37.1 Å². The average molecular weight is 265 g/mol. The lowest BCUT2D eigenvalue weighted by molar-refractivity contribution is 0.0836. The molecule has 0 atom stereocenters. The van der Waals surface area contributed by atoms with Crippen molar-refractivity contribution in [2.75, 3.05) is 6.61 Å². The smallest absolute Gasteiger partial charge is 0.130 e. The molecule has 1 saturated carbocycles. The number of hydrogen-bond acceptors (Lipinski definition) is 3. The molecule has 1 aliphatic carbocycles.